The number of amides is 1. The monoisotopic (exact) mass is 489 g/mol. The molecule has 0 saturated heterocycles. The fourth-order valence-electron chi connectivity index (χ4n) is 3.44. The van der Waals surface area contributed by atoms with Gasteiger partial charge in [-0.05, 0) is 47.9 Å². The minimum absolute atomic E-state index is 0.00349. The van der Waals surface area contributed by atoms with Crippen LogP contribution in [-0.2, 0) is 0 Å². The van der Waals surface area contributed by atoms with Crippen molar-refractivity contribution in [3.8, 4) is 29.4 Å². The third-order valence-corrected chi connectivity index (χ3v) is 5.78. The lowest BCUT2D eigenvalue weighted by Gasteiger charge is -2.12. The van der Waals surface area contributed by atoms with Crippen LogP contribution in [-0.4, -0.2) is 22.5 Å². The summed E-state index contributed by atoms with van der Waals surface area (Å²) in [7, 11) is 0. The van der Waals surface area contributed by atoms with Crippen LogP contribution in [0.5, 0.6) is 5.75 Å². The van der Waals surface area contributed by atoms with E-state index in [1.807, 2.05) is 18.2 Å². The average molecular weight is 490 g/mol. The molecule has 3 aromatic carbocycles. The van der Waals surface area contributed by atoms with Gasteiger partial charge in [-0.2, -0.15) is 0 Å². The number of nitrogens with zero attached hydrogens (tertiary/aromatic N) is 2. The Bertz CT molecular complexity index is 1410. The van der Waals surface area contributed by atoms with Crippen LogP contribution in [0.2, 0.25) is 10.0 Å². The van der Waals surface area contributed by atoms with Crippen molar-refractivity contribution in [1.29, 1.82) is 0 Å². The van der Waals surface area contributed by atoms with Crippen LogP contribution >= 0.6 is 23.2 Å². The number of aromatic nitrogens is 2. The van der Waals surface area contributed by atoms with Crippen molar-refractivity contribution in [3.05, 3.63) is 82.1 Å². The molecular weight excluding hydrogens is 469 g/mol. The summed E-state index contributed by atoms with van der Waals surface area (Å²) in [6.45, 7) is 4.41. The van der Waals surface area contributed by atoms with Crippen LogP contribution in [0.1, 0.15) is 35.9 Å². The third kappa shape index (κ3) is 5.14. The van der Waals surface area contributed by atoms with E-state index in [9.17, 15) is 4.79 Å². The van der Waals surface area contributed by atoms with Crippen molar-refractivity contribution in [2.75, 3.05) is 11.9 Å². The molecule has 170 valence electrons. The first-order valence-corrected chi connectivity index (χ1v) is 11.4. The highest BCUT2D eigenvalue weighted by molar-refractivity contribution is 6.35. The van der Waals surface area contributed by atoms with E-state index < -0.39 is 5.91 Å². The molecule has 4 rings (SSSR count). The summed E-state index contributed by atoms with van der Waals surface area (Å²) >= 11 is 12.3. The number of terminal acetylenes is 1. The van der Waals surface area contributed by atoms with Gasteiger partial charge in [0.2, 0.25) is 5.82 Å². The fraction of sp³-hybridized carbons (Fsp3) is 0.148. The van der Waals surface area contributed by atoms with Gasteiger partial charge < -0.3 is 10.1 Å². The summed E-state index contributed by atoms with van der Waals surface area (Å²) in [5, 5.41) is 4.30. The number of hydrogen-bond acceptors (Lipinski definition) is 4. The molecule has 0 fully saturated rings. The van der Waals surface area contributed by atoms with E-state index in [2.05, 4.69) is 47.2 Å². The molecular formula is C27H21Cl2N3O2. The Kier molecular flexibility index (Phi) is 7.02. The van der Waals surface area contributed by atoms with Crippen LogP contribution < -0.4 is 10.1 Å². The van der Waals surface area contributed by atoms with E-state index in [1.165, 1.54) is 5.56 Å². The van der Waals surface area contributed by atoms with Gasteiger partial charge in [-0.3, -0.25) is 4.79 Å². The summed E-state index contributed by atoms with van der Waals surface area (Å²) in [5.74, 6) is 2.95. The van der Waals surface area contributed by atoms with Crippen molar-refractivity contribution in [1.82, 2.24) is 9.97 Å². The highest BCUT2D eigenvalue weighted by Gasteiger charge is 2.17. The van der Waals surface area contributed by atoms with E-state index in [4.69, 9.17) is 34.4 Å². The number of carbonyl (C=O) groups is 1. The van der Waals surface area contributed by atoms with Crippen LogP contribution in [0.3, 0.4) is 0 Å². The smallest absolute Gasteiger partial charge is 0.293 e. The molecule has 0 aliphatic rings. The summed E-state index contributed by atoms with van der Waals surface area (Å²) in [5.41, 5.74) is 3.63. The Labute approximate surface area is 208 Å². The van der Waals surface area contributed by atoms with E-state index >= 15 is 0 Å². The summed E-state index contributed by atoms with van der Waals surface area (Å²) in [4.78, 5) is 22.2. The molecule has 1 heterocycles. The lowest BCUT2D eigenvalue weighted by atomic mass is 9.99. The minimum atomic E-state index is -0.501. The Morgan fingerprint density at radius 1 is 1.06 bits per heavy atom. The second-order valence-electron chi connectivity index (χ2n) is 7.92. The molecule has 0 unspecified atom stereocenters. The second-order valence-corrected chi connectivity index (χ2v) is 8.77. The molecule has 7 heteroatoms. The van der Waals surface area contributed by atoms with Gasteiger partial charge in [-0.25, -0.2) is 9.97 Å². The number of carbonyl (C=O) groups excluding carboxylic acids is 1. The molecule has 0 aliphatic carbocycles. The molecule has 0 spiro atoms. The number of anilines is 1. The number of ether oxygens (including phenoxy) is 1. The largest absolute Gasteiger partial charge is 0.481 e. The summed E-state index contributed by atoms with van der Waals surface area (Å²) < 4.78 is 5.59. The lowest BCUT2D eigenvalue weighted by molar-refractivity contribution is 0.101. The number of benzene rings is 3. The molecule has 1 N–H and O–H groups in total. The molecule has 0 bridgehead atoms. The highest BCUT2D eigenvalue weighted by Crippen LogP contribution is 2.31. The second kappa shape index (κ2) is 10.1. The maximum atomic E-state index is 13.1. The van der Waals surface area contributed by atoms with E-state index in [0.29, 0.717) is 38.6 Å². The summed E-state index contributed by atoms with van der Waals surface area (Å²) in [6.07, 6.45) is 5.32. The van der Waals surface area contributed by atoms with Crippen molar-refractivity contribution in [2.24, 2.45) is 0 Å². The minimum Gasteiger partial charge on any atom is -0.481 e. The van der Waals surface area contributed by atoms with Gasteiger partial charge in [0.1, 0.15) is 12.4 Å². The molecule has 0 atom stereocenters. The van der Waals surface area contributed by atoms with Crippen molar-refractivity contribution < 1.29 is 9.53 Å². The molecule has 4 aromatic rings. The molecule has 1 aromatic heterocycles. The molecule has 5 nitrogen and oxygen atoms in total. The Morgan fingerprint density at radius 2 is 1.82 bits per heavy atom. The van der Waals surface area contributed by atoms with Crippen molar-refractivity contribution >= 4 is 45.7 Å². The predicted octanol–water partition coefficient (Wildman–Crippen LogP) is 6.99. The van der Waals surface area contributed by atoms with E-state index in [-0.39, 0.29) is 12.4 Å². The highest BCUT2D eigenvalue weighted by atomic mass is 35.5. The molecule has 0 aliphatic heterocycles. The molecule has 0 radical (unpaired) electrons. The van der Waals surface area contributed by atoms with Crippen LogP contribution in [0, 0.1) is 12.3 Å². The third-order valence-electron chi connectivity index (χ3n) is 5.22. The zero-order valence-electron chi connectivity index (χ0n) is 18.6. The zero-order chi connectivity index (χ0) is 24.2. The maximum absolute atomic E-state index is 13.1. The average Bonchev–Trinajstić information content (AvgIpc) is 2.84. The molecule has 34 heavy (non-hydrogen) atoms. The predicted molar refractivity (Wildman–Crippen MR) is 138 cm³/mol. The van der Waals surface area contributed by atoms with E-state index in [1.54, 1.807) is 30.3 Å². The lowest BCUT2D eigenvalue weighted by Crippen LogP contribution is -2.16. The fourth-order valence-corrected chi connectivity index (χ4v) is 3.78. The first-order chi connectivity index (χ1) is 16.4. The Balaban J connectivity index is 1.81. The topological polar surface area (TPSA) is 64.1 Å². The van der Waals surface area contributed by atoms with Gasteiger partial charge in [0, 0.05) is 16.0 Å². The first-order valence-electron chi connectivity index (χ1n) is 10.6. The Hall–Kier alpha value is -3.59. The van der Waals surface area contributed by atoms with Gasteiger partial charge in [-0.1, -0.05) is 67.2 Å². The van der Waals surface area contributed by atoms with Crippen molar-refractivity contribution in [3.63, 3.8) is 0 Å². The summed E-state index contributed by atoms with van der Waals surface area (Å²) in [6, 6.07) is 18.3. The van der Waals surface area contributed by atoms with Gasteiger partial charge in [0.05, 0.1) is 21.9 Å². The number of rotatable bonds is 6. The SMILES string of the molecule is C#CCOc1ccc2nc(C(=O)Nc3cc(Cl)ccc3Cl)nc(-c3ccc(C(C)C)cc3)c2c1. The van der Waals surface area contributed by atoms with Crippen LogP contribution in [0.4, 0.5) is 5.69 Å². The standard InChI is InChI=1S/C27H21Cl2N3O2/c1-4-13-34-20-10-12-23-21(15-20)25(18-7-5-17(6-8-18)16(2)3)32-26(30-23)27(33)31-24-14-19(28)9-11-22(24)29/h1,5-12,14-16H,13H2,2-3H3,(H,31,33). The molecule has 1 amide bonds. The number of fused-ring (bicyclic) bond motifs is 1. The quantitative estimate of drug-likeness (QED) is 0.296. The molecule has 0 saturated carbocycles. The van der Waals surface area contributed by atoms with Gasteiger partial charge >= 0.3 is 0 Å². The van der Waals surface area contributed by atoms with Gasteiger partial charge in [0.15, 0.2) is 0 Å². The van der Waals surface area contributed by atoms with Crippen LogP contribution in [0.25, 0.3) is 22.2 Å². The maximum Gasteiger partial charge on any atom is 0.293 e. The normalized spacial score (nSPS) is 10.8. The van der Waals surface area contributed by atoms with Crippen LogP contribution in [0.15, 0.2) is 60.7 Å². The van der Waals surface area contributed by atoms with Crippen molar-refractivity contribution in [2.45, 2.75) is 19.8 Å². The number of hydrogen-bond donors (Lipinski definition) is 1. The van der Waals surface area contributed by atoms with Gasteiger partial charge in [0.25, 0.3) is 5.91 Å². The Morgan fingerprint density at radius 3 is 2.53 bits per heavy atom. The van der Waals surface area contributed by atoms with E-state index in [0.717, 1.165) is 10.9 Å². The zero-order valence-corrected chi connectivity index (χ0v) is 20.1. The van der Waals surface area contributed by atoms with Gasteiger partial charge in [-0.15, -0.1) is 6.42 Å². The number of halogens is 2. The first kappa shape index (κ1) is 23.6. The number of nitrogens with one attached hydrogen (secondary N) is 1.